The number of amides is 1. The SMILES string of the molecule is NC[C@@H]1CCCN(c2c(NC(=O)c3ccn(C(F)F)n3)ccc(Oc3ccccc3)c2C(F)(F)F)C1. The molecule has 1 aromatic heterocycles. The van der Waals surface area contributed by atoms with E-state index in [1.54, 1.807) is 18.2 Å². The van der Waals surface area contributed by atoms with Gasteiger partial charge in [0.1, 0.15) is 17.1 Å². The maximum atomic E-state index is 14.5. The van der Waals surface area contributed by atoms with Gasteiger partial charge in [0.05, 0.1) is 11.4 Å². The van der Waals surface area contributed by atoms with E-state index in [0.29, 0.717) is 19.5 Å². The van der Waals surface area contributed by atoms with Crippen molar-refractivity contribution in [2.75, 3.05) is 29.9 Å². The molecule has 7 nitrogen and oxygen atoms in total. The lowest BCUT2D eigenvalue weighted by Crippen LogP contribution is -2.40. The molecule has 1 aliphatic rings. The van der Waals surface area contributed by atoms with Crippen LogP contribution in [0.25, 0.3) is 0 Å². The molecule has 192 valence electrons. The number of aromatic nitrogens is 2. The van der Waals surface area contributed by atoms with E-state index in [2.05, 4.69) is 10.4 Å². The molecule has 2 heterocycles. The van der Waals surface area contributed by atoms with Crippen molar-refractivity contribution in [3.05, 3.63) is 66.0 Å². The summed E-state index contributed by atoms with van der Waals surface area (Å²) >= 11 is 0. The summed E-state index contributed by atoms with van der Waals surface area (Å²) in [6.07, 6.45) is -2.56. The summed E-state index contributed by atoms with van der Waals surface area (Å²) in [5, 5.41) is 5.92. The van der Waals surface area contributed by atoms with Crippen LogP contribution in [0.1, 0.15) is 35.4 Å². The molecule has 1 amide bonds. The molecule has 0 radical (unpaired) electrons. The van der Waals surface area contributed by atoms with Crippen LogP contribution in [0, 0.1) is 5.92 Å². The Hall–Kier alpha value is -3.67. The van der Waals surface area contributed by atoms with Crippen molar-refractivity contribution < 1.29 is 31.5 Å². The smallest absolute Gasteiger partial charge is 0.422 e. The molecule has 0 unspecified atom stereocenters. The molecular weight excluding hydrogens is 485 g/mol. The number of hydrogen-bond donors (Lipinski definition) is 2. The summed E-state index contributed by atoms with van der Waals surface area (Å²) in [6.45, 7) is -2.12. The van der Waals surface area contributed by atoms with E-state index in [9.17, 15) is 26.7 Å². The van der Waals surface area contributed by atoms with Gasteiger partial charge in [-0.05, 0) is 55.6 Å². The van der Waals surface area contributed by atoms with Crippen molar-refractivity contribution in [2.24, 2.45) is 11.7 Å². The van der Waals surface area contributed by atoms with Gasteiger partial charge in [0, 0.05) is 19.3 Å². The summed E-state index contributed by atoms with van der Waals surface area (Å²) in [6, 6.07) is 11.5. The Bertz CT molecular complexity index is 1200. The van der Waals surface area contributed by atoms with E-state index >= 15 is 0 Å². The monoisotopic (exact) mass is 509 g/mol. The Kier molecular flexibility index (Phi) is 7.43. The van der Waals surface area contributed by atoms with Crippen LogP contribution in [0.3, 0.4) is 0 Å². The summed E-state index contributed by atoms with van der Waals surface area (Å²) in [7, 11) is 0. The number of para-hydroxylation sites is 1. The number of benzene rings is 2. The van der Waals surface area contributed by atoms with Gasteiger partial charge in [0.2, 0.25) is 0 Å². The van der Waals surface area contributed by atoms with Gasteiger partial charge in [-0.2, -0.15) is 27.1 Å². The van der Waals surface area contributed by atoms with Crippen molar-refractivity contribution in [1.29, 1.82) is 0 Å². The Labute approximate surface area is 203 Å². The van der Waals surface area contributed by atoms with Crippen molar-refractivity contribution in [1.82, 2.24) is 9.78 Å². The van der Waals surface area contributed by atoms with Crippen LogP contribution in [0.4, 0.5) is 33.3 Å². The van der Waals surface area contributed by atoms with Crippen molar-refractivity contribution >= 4 is 17.3 Å². The standard InChI is InChI=1S/C24H24F5N5O2/c25-23(26)34-12-10-18(32-34)22(35)31-17-8-9-19(36-16-6-2-1-3-7-16)20(24(27,28)29)21(17)33-11-4-5-15(13-30)14-33/h1-3,6-10,12,15,23H,4-5,11,13-14,30H2,(H,31,35)/t15-/m0/s1. The lowest BCUT2D eigenvalue weighted by molar-refractivity contribution is -0.138. The molecule has 1 aliphatic heterocycles. The molecule has 0 spiro atoms. The predicted octanol–water partition coefficient (Wildman–Crippen LogP) is 5.52. The fraction of sp³-hybridized carbons (Fsp3) is 0.333. The molecule has 2 aromatic carbocycles. The number of rotatable bonds is 7. The first-order valence-electron chi connectivity index (χ1n) is 11.2. The zero-order chi connectivity index (χ0) is 25.9. The minimum Gasteiger partial charge on any atom is -0.457 e. The van der Waals surface area contributed by atoms with Gasteiger partial charge in [-0.25, -0.2) is 4.68 Å². The van der Waals surface area contributed by atoms with Crippen LogP contribution in [-0.4, -0.2) is 35.3 Å². The third-order valence-corrected chi connectivity index (χ3v) is 5.85. The number of halogens is 5. The first-order valence-corrected chi connectivity index (χ1v) is 11.2. The topological polar surface area (TPSA) is 85.4 Å². The first-order chi connectivity index (χ1) is 17.2. The fourth-order valence-electron chi connectivity index (χ4n) is 4.19. The molecule has 1 fully saturated rings. The summed E-state index contributed by atoms with van der Waals surface area (Å²) in [4.78, 5) is 14.3. The highest BCUT2D eigenvalue weighted by atomic mass is 19.4. The quantitative estimate of drug-likeness (QED) is 0.410. The number of carbonyl (C=O) groups excluding carboxylic acids is 1. The second kappa shape index (κ2) is 10.5. The minimum atomic E-state index is -4.84. The van der Waals surface area contributed by atoms with Crippen molar-refractivity contribution in [3.63, 3.8) is 0 Å². The van der Waals surface area contributed by atoms with Crippen LogP contribution in [0.15, 0.2) is 54.7 Å². The molecule has 36 heavy (non-hydrogen) atoms. The van der Waals surface area contributed by atoms with Gasteiger partial charge in [-0.3, -0.25) is 4.79 Å². The van der Waals surface area contributed by atoms with Crippen LogP contribution in [0.2, 0.25) is 0 Å². The minimum absolute atomic E-state index is 0.0381. The highest BCUT2D eigenvalue weighted by Crippen LogP contribution is 2.48. The fourth-order valence-corrected chi connectivity index (χ4v) is 4.19. The van der Waals surface area contributed by atoms with Crippen LogP contribution in [0.5, 0.6) is 11.5 Å². The predicted molar refractivity (Wildman–Crippen MR) is 123 cm³/mol. The molecule has 0 saturated carbocycles. The zero-order valence-electron chi connectivity index (χ0n) is 19.0. The van der Waals surface area contributed by atoms with E-state index in [0.717, 1.165) is 24.8 Å². The lowest BCUT2D eigenvalue weighted by atomic mass is 9.96. The normalized spacial score (nSPS) is 16.3. The van der Waals surface area contributed by atoms with Crippen LogP contribution < -0.4 is 20.7 Å². The van der Waals surface area contributed by atoms with Crippen LogP contribution in [-0.2, 0) is 6.18 Å². The lowest BCUT2D eigenvalue weighted by Gasteiger charge is -2.37. The molecule has 0 aliphatic carbocycles. The Balaban J connectivity index is 1.79. The number of anilines is 2. The summed E-state index contributed by atoms with van der Waals surface area (Å²) in [5.41, 5.74) is 3.98. The van der Waals surface area contributed by atoms with Gasteiger partial charge < -0.3 is 20.7 Å². The Morgan fingerprint density at radius 2 is 1.92 bits per heavy atom. The second-order valence-corrected chi connectivity index (χ2v) is 8.35. The second-order valence-electron chi connectivity index (χ2n) is 8.35. The van der Waals surface area contributed by atoms with Crippen molar-refractivity contribution in [2.45, 2.75) is 25.6 Å². The van der Waals surface area contributed by atoms with E-state index in [1.165, 1.54) is 23.1 Å². The number of nitrogens with two attached hydrogens (primary N) is 1. The third kappa shape index (κ3) is 5.59. The maximum absolute atomic E-state index is 14.5. The van der Waals surface area contributed by atoms with Gasteiger partial charge >= 0.3 is 12.7 Å². The number of ether oxygens (including phenoxy) is 1. The molecule has 3 N–H and O–H groups in total. The number of nitrogens with zero attached hydrogens (tertiary/aromatic N) is 3. The molecule has 12 heteroatoms. The Morgan fingerprint density at radius 1 is 1.17 bits per heavy atom. The van der Waals surface area contributed by atoms with Crippen molar-refractivity contribution in [3.8, 4) is 11.5 Å². The molecule has 4 rings (SSSR count). The molecular formula is C24H24F5N5O2. The van der Waals surface area contributed by atoms with E-state index < -0.39 is 29.9 Å². The molecule has 3 aromatic rings. The third-order valence-electron chi connectivity index (χ3n) is 5.85. The number of nitrogens with one attached hydrogen (secondary N) is 1. The highest BCUT2D eigenvalue weighted by molar-refractivity contribution is 6.05. The van der Waals surface area contributed by atoms with E-state index in [-0.39, 0.29) is 40.0 Å². The zero-order valence-corrected chi connectivity index (χ0v) is 19.0. The number of alkyl halides is 5. The molecule has 1 saturated heterocycles. The molecule has 1 atom stereocenters. The van der Waals surface area contributed by atoms with E-state index in [1.807, 2.05) is 0 Å². The van der Waals surface area contributed by atoms with Gasteiger partial charge in [-0.1, -0.05) is 18.2 Å². The van der Waals surface area contributed by atoms with Gasteiger partial charge in [0.15, 0.2) is 5.69 Å². The summed E-state index contributed by atoms with van der Waals surface area (Å²) in [5.74, 6) is -1.18. The Morgan fingerprint density at radius 3 is 2.56 bits per heavy atom. The maximum Gasteiger partial charge on any atom is 0.422 e. The van der Waals surface area contributed by atoms with Gasteiger partial charge in [-0.15, -0.1) is 0 Å². The molecule has 0 bridgehead atoms. The van der Waals surface area contributed by atoms with Gasteiger partial charge in [0.25, 0.3) is 5.91 Å². The first kappa shape index (κ1) is 25.4. The average molecular weight is 509 g/mol. The largest absolute Gasteiger partial charge is 0.457 e. The van der Waals surface area contributed by atoms with Crippen LogP contribution >= 0.6 is 0 Å². The van der Waals surface area contributed by atoms with E-state index in [4.69, 9.17) is 10.5 Å². The number of carbonyl (C=O) groups is 1. The number of hydrogen-bond acceptors (Lipinski definition) is 5. The summed E-state index contributed by atoms with van der Waals surface area (Å²) < 4.78 is 75.2. The highest BCUT2D eigenvalue weighted by Gasteiger charge is 2.41. The number of piperidine rings is 1. The average Bonchev–Trinajstić information content (AvgIpc) is 3.36.